The van der Waals surface area contributed by atoms with Gasteiger partial charge in [-0.25, -0.2) is 8.42 Å². The van der Waals surface area contributed by atoms with Crippen LogP contribution in [0.3, 0.4) is 0 Å². The van der Waals surface area contributed by atoms with Crippen LogP contribution in [0.25, 0.3) is 0 Å². The van der Waals surface area contributed by atoms with E-state index in [2.05, 4.69) is 10.9 Å². The van der Waals surface area contributed by atoms with E-state index in [9.17, 15) is 18.0 Å². The summed E-state index contributed by atoms with van der Waals surface area (Å²) in [4.78, 5) is 24.7. The van der Waals surface area contributed by atoms with E-state index in [1.54, 1.807) is 29.3 Å². The number of carbonyl (C=O) groups is 2. The lowest BCUT2D eigenvalue weighted by Crippen LogP contribution is -2.42. The van der Waals surface area contributed by atoms with E-state index < -0.39 is 21.8 Å². The number of thiophene rings is 1. The Morgan fingerprint density at radius 1 is 1.04 bits per heavy atom. The number of thioether (sulfide) groups is 1. The Labute approximate surface area is 172 Å². The molecule has 150 valence electrons. The van der Waals surface area contributed by atoms with Gasteiger partial charge in [-0.15, -0.1) is 11.3 Å². The number of carbonyl (C=O) groups excluding carboxylic acids is 2. The zero-order chi connectivity index (χ0) is 20.1. The molecule has 7 nitrogen and oxygen atoms in total. The van der Waals surface area contributed by atoms with Gasteiger partial charge in [0.15, 0.2) is 0 Å². The summed E-state index contributed by atoms with van der Waals surface area (Å²) in [6.07, 6.45) is 0.865. The Kier molecular flexibility index (Phi) is 6.76. The van der Waals surface area contributed by atoms with Crippen LogP contribution in [0.15, 0.2) is 40.6 Å². The average Bonchev–Trinajstić information content (AvgIpc) is 3.23. The molecule has 0 unspecified atom stereocenters. The predicted molar refractivity (Wildman–Crippen MR) is 111 cm³/mol. The molecule has 0 atom stereocenters. The van der Waals surface area contributed by atoms with Crippen LogP contribution in [0.1, 0.15) is 32.5 Å². The second-order valence-corrected chi connectivity index (χ2v) is 10.1. The summed E-state index contributed by atoms with van der Waals surface area (Å²) in [6.45, 7) is 2.87. The standard InChI is InChI=1S/C18H21N3O4S3/c1-2-13-3-5-14(6-4-13)17(22)19-20-18(23)16-15(7-10-27-16)28(24,25)21-8-11-26-12-9-21/h3-7,10H,2,8-9,11-12H2,1H3,(H,19,22)(H,20,23). The van der Waals surface area contributed by atoms with Crippen LogP contribution in [0.2, 0.25) is 0 Å². The topological polar surface area (TPSA) is 95.6 Å². The number of aryl methyl sites for hydroxylation is 1. The van der Waals surface area contributed by atoms with Gasteiger partial charge < -0.3 is 0 Å². The van der Waals surface area contributed by atoms with Crippen LogP contribution in [0.4, 0.5) is 0 Å². The van der Waals surface area contributed by atoms with E-state index in [1.807, 2.05) is 19.1 Å². The number of hydrogen-bond acceptors (Lipinski definition) is 6. The summed E-state index contributed by atoms with van der Waals surface area (Å²) in [5.41, 5.74) is 6.16. The average molecular weight is 440 g/mol. The van der Waals surface area contributed by atoms with Gasteiger partial charge in [0.1, 0.15) is 9.77 Å². The van der Waals surface area contributed by atoms with Crippen molar-refractivity contribution < 1.29 is 18.0 Å². The molecule has 28 heavy (non-hydrogen) atoms. The van der Waals surface area contributed by atoms with Gasteiger partial charge in [-0.2, -0.15) is 16.1 Å². The largest absolute Gasteiger partial charge is 0.281 e. The van der Waals surface area contributed by atoms with Gasteiger partial charge in [-0.3, -0.25) is 20.4 Å². The number of hydrazine groups is 1. The molecular formula is C18H21N3O4S3. The van der Waals surface area contributed by atoms with Crippen LogP contribution < -0.4 is 10.9 Å². The Bertz CT molecular complexity index is 949. The molecule has 0 radical (unpaired) electrons. The summed E-state index contributed by atoms with van der Waals surface area (Å²) >= 11 is 2.73. The first-order valence-electron chi connectivity index (χ1n) is 8.78. The first kappa shape index (κ1) is 20.8. The van der Waals surface area contributed by atoms with Gasteiger partial charge in [-0.05, 0) is 35.6 Å². The zero-order valence-corrected chi connectivity index (χ0v) is 17.8. The van der Waals surface area contributed by atoms with E-state index in [0.29, 0.717) is 18.7 Å². The van der Waals surface area contributed by atoms with Crippen molar-refractivity contribution in [1.82, 2.24) is 15.2 Å². The van der Waals surface area contributed by atoms with Crippen molar-refractivity contribution in [3.63, 3.8) is 0 Å². The quantitative estimate of drug-likeness (QED) is 0.696. The minimum atomic E-state index is -3.74. The lowest BCUT2D eigenvalue weighted by molar-refractivity contribution is 0.0847. The summed E-state index contributed by atoms with van der Waals surface area (Å²) in [7, 11) is -3.74. The molecule has 0 bridgehead atoms. The minimum Gasteiger partial charge on any atom is -0.267 e. The molecule has 1 aromatic heterocycles. The first-order valence-corrected chi connectivity index (χ1v) is 12.3. The molecule has 0 saturated carbocycles. The maximum absolute atomic E-state index is 12.8. The molecule has 1 aliphatic rings. The fourth-order valence-electron chi connectivity index (χ4n) is 2.73. The maximum Gasteiger partial charge on any atom is 0.281 e. The number of rotatable bonds is 5. The van der Waals surface area contributed by atoms with Crippen LogP contribution in [0.5, 0.6) is 0 Å². The second-order valence-electron chi connectivity index (χ2n) is 6.09. The van der Waals surface area contributed by atoms with Gasteiger partial charge in [0.2, 0.25) is 10.0 Å². The Hall–Kier alpha value is -1.88. The molecule has 1 saturated heterocycles. The fourth-order valence-corrected chi connectivity index (χ4v) is 6.60. The molecule has 2 amide bonds. The van der Waals surface area contributed by atoms with Gasteiger partial charge in [0, 0.05) is 30.2 Å². The minimum absolute atomic E-state index is 0.0246. The SMILES string of the molecule is CCc1ccc(C(=O)NNC(=O)c2sccc2S(=O)(=O)N2CCSCC2)cc1. The summed E-state index contributed by atoms with van der Waals surface area (Å²) in [5, 5.41) is 1.56. The van der Waals surface area contributed by atoms with Gasteiger partial charge in [-0.1, -0.05) is 19.1 Å². The third-order valence-corrected chi connectivity index (χ3v) is 8.26. The molecule has 0 spiro atoms. The zero-order valence-electron chi connectivity index (χ0n) is 15.3. The third kappa shape index (κ3) is 4.57. The van der Waals surface area contributed by atoms with E-state index in [1.165, 1.54) is 10.4 Å². The number of nitrogens with zero attached hydrogens (tertiary/aromatic N) is 1. The summed E-state index contributed by atoms with van der Waals surface area (Å²) in [6, 6.07) is 8.47. The molecular weight excluding hydrogens is 418 g/mol. The number of amides is 2. The lowest BCUT2D eigenvalue weighted by Gasteiger charge is -2.25. The van der Waals surface area contributed by atoms with E-state index >= 15 is 0 Å². The predicted octanol–water partition coefficient (Wildman–Crippen LogP) is 2.12. The van der Waals surface area contributed by atoms with E-state index in [4.69, 9.17) is 0 Å². The highest BCUT2D eigenvalue weighted by molar-refractivity contribution is 7.99. The highest BCUT2D eigenvalue weighted by Gasteiger charge is 2.31. The van der Waals surface area contributed by atoms with Crippen molar-refractivity contribution >= 4 is 44.9 Å². The third-order valence-electron chi connectivity index (χ3n) is 4.34. The van der Waals surface area contributed by atoms with Crippen molar-refractivity contribution in [2.75, 3.05) is 24.6 Å². The van der Waals surface area contributed by atoms with Crippen LogP contribution in [-0.4, -0.2) is 49.1 Å². The number of sulfonamides is 1. The van der Waals surface area contributed by atoms with Crippen LogP contribution >= 0.6 is 23.1 Å². The molecule has 2 aromatic rings. The normalized spacial score (nSPS) is 15.2. The van der Waals surface area contributed by atoms with Crippen LogP contribution in [-0.2, 0) is 16.4 Å². The number of hydrogen-bond donors (Lipinski definition) is 2. The number of benzene rings is 1. The lowest BCUT2D eigenvalue weighted by atomic mass is 10.1. The maximum atomic E-state index is 12.8. The summed E-state index contributed by atoms with van der Waals surface area (Å²) < 4.78 is 27.1. The highest BCUT2D eigenvalue weighted by Crippen LogP contribution is 2.27. The van der Waals surface area contributed by atoms with Crippen molar-refractivity contribution in [3.8, 4) is 0 Å². The van der Waals surface area contributed by atoms with Gasteiger partial charge in [0.05, 0.1) is 0 Å². The fraction of sp³-hybridized carbons (Fsp3) is 0.333. The van der Waals surface area contributed by atoms with Crippen molar-refractivity contribution in [2.45, 2.75) is 18.2 Å². The van der Waals surface area contributed by atoms with Crippen molar-refractivity contribution in [2.24, 2.45) is 0 Å². The Morgan fingerprint density at radius 3 is 2.32 bits per heavy atom. The van der Waals surface area contributed by atoms with Crippen LogP contribution in [0, 0.1) is 0 Å². The molecule has 10 heteroatoms. The molecule has 1 aliphatic heterocycles. The second kappa shape index (κ2) is 9.08. The Morgan fingerprint density at radius 2 is 1.68 bits per heavy atom. The van der Waals surface area contributed by atoms with Crippen molar-refractivity contribution in [3.05, 3.63) is 51.7 Å². The summed E-state index contributed by atoms with van der Waals surface area (Å²) in [5.74, 6) is 0.346. The smallest absolute Gasteiger partial charge is 0.267 e. The number of nitrogens with one attached hydrogen (secondary N) is 2. The molecule has 2 heterocycles. The molecule has 2 N–H and O–H groups in total. The molecule has 1 aromatic carbocycles. The first-order chi connectivity index (χ1) is 13.4. The molecule has 3 rings (SSSR count). The van der Waals surface area contributed by atoms with E-state index in [-0.39, 0.29) is 9.77 Å². The van der Waals surface area contributed by atoms with Gasteiger partial charge in [0.25, 0.3) is 11.8 Å². The monoisotopic (exact) mass is 439 g/mol. The highest BCUT2D eigenvalue weighted by atomic mass is 32.2. The van der Waals surface area contributed by atoms with E-state index in [0.717, 1.165) is 34.8 Å². The van der Waals surface area contributed by atoms with Gasteiger partial charge >= 0.3 is 0 Å². The molecule has 1 fully saturated rings. The molecule has 0 aliphatic carbocycles. The van der Waals surface area contributed by atoms with Crippen molar-refractivity contribution in [1.29, 1.82) is 0 Å². The Balaban J connectivity index is 1.68.